The van der Waals surface area contributed by atoms with Gasteiger partial charge in [0.05, 0.1) is 18.1 Å². The summed E-state index contributed by atoms with van der Waals surface area (Å²) in [6.07, 6.45) is 8.32. The van der Waals surface area contributed by atoms with Gasteiger partial charge in [0.15, 0.2) is 11.6 Å². The molecular weight excluding hydrogens is 580 g/mol. The third-order valence-electron chi connectivity index (χ3n) is 7.84. The van der Waals surface area contributed by atoms with Crippen molar-refractivity contribution >= 4 is 34.7 Å². The molecule has 10 nitrogen and oxygen atoms in total. The number of benzene rings is 1. The Morgan fingerprint density at radius 1 is 1.00 bits per heavy atom. The fraction of sp³-hybridized carbons (Fsp3) is 0.424. The number of hydrogen-bond donors (Lipinski definition) is 3. The van der Waals surface area contributed by atoms with Crippen LogP contribution in [-0.2, 0) is 30.9 Å². The quantitative estimate of drug-likeness (QED) is 0.312. The van der Waals surface area contributed by atoms with Crippen molar-refractivity contribution in [1.82, 2.24) is 20.6 Å². The number of nitrogens with one attached hydrogen (secondary N) is 2. The Kier molecular flexibility index (Phi) is 9.28. The molecule has 0 saturated carbocycles. The molecule has 5 rings (SSSR count). The van der Waals surface area contributed by atoms with E-state index < -0.39 is 29.7 Å². The van der Waals surface area contributed by atoms with Gasteiger partial charge < -0.3 is 25.2 Å². The number of aliphatic carboxylic acids is 1. The van der Waals surface area contributed by atoms with Crippen molar-refractivity contribution in [3.05, 3.63) is 75.7 Å². The van der Waals surface area contributed by atoms with Crippen molar-refractivity contribution in [2.45, 2.75) is 76.7 Å². The van der Waals surface area contributed by atoms with Crippen molar-refractivity contribution in [3.8, 4) is 11.4 Å². The van der Waals surface area contributed by atoms with E-state index in [2.05, 4.69) is 47.4 Å². The predicted octanol–water partition coefficient (Wildman–Crippen LogP) is 4.74. The van der Waals surface area contributed by atoms with Gasteiger partial charge in [0.25, 0.3) is 5.91 Å². The van der Waals surface area contributed by atoms with Crippen molar-refractivity contribution in [3.63, 3.8) is 0 Å². The first-order chi connectivity index (χ1) is 20.9. The number of carbonyl (C=O) groups is 3. The number of thiophene rings is 1. The van der Waals surface area contributed by atoms with Gasteiger partial charge in [-0.3, -0.25) is 14.4 Å². The van der Waals surface area contributed by atoms with E-state index in [1.54, 1.807) is 6.07 Å². The van der Waals surface area contributed by atoms with E-state index in [4.69, 9.17) is 9.47 Å². The average molecular weight is 619 g/mol. The lowest BCUT2D eigenvalue weighted by Gasteiger charge is -2.30. The Bertz CT molecular complexity index is 1540. The van der Waals surface area contributed by atoms with E-state index in [1.807, 2.05) is 42.7 Å². The molecular formula is C33H38N4O6S. The Hall–Kier alpha value is -3.93. The normalized spacial score (nSPS) is 17.5. The van der Waals surface area contributed by atoms with E-state index in [-0.39, 0.29) is 17.7 Å². The van der Waals surface area contributed by atoms with Crippen molar-refractivity contribution in [2.75, 3.05) is 13.2 Å². The van der Waals surface area contributed by atoms with Crippen LogP contribution < -0.4 is 10.6 Å². The number of rotatable bonds is 9. The summed E-state index contributed by atoms with van der Waals surface area (Å²) in [7, 11) is 0. The zero-order chi connectivity index (χ0) is 31.5. The summed E-state index contributed by atoms with van der Waals surface area (Å²) in [6.45, 7) is 8.86. The standard InChI is InChI=1S/C33H38N4O6S/c1-20(31(40)41)36-29(38)25(37-30(39)26-9-10-27(44-26)32(2,3)4)17-21-5-7-23(8-6-21)28-34-18-24(19-35-28)22-11-13-33(14-12-22)42-15-16-43-33/h5-11,18-20,25H,12-17H2,1-4H3,(H,36,38)(H,37,39)(H,40,41)/t20-,25+/m1/s1. The third-order valence-corrected chi connectivity index (χ3v) is 9.35. The number of ether oxygens (including phenoxy) is 2. The zero-order valence-electron chi connectivity index (χ0n) is 25.4. The minimum Gasteiger partial charge on any atom is -0.480 e. The van der Waals surface area contributed by atoms with Crippen LogP contribution in [0.15, 0.2) is 54.9 Å². The van der Waals surface area contributed by atoms with Gasteiger partial charge in [-0.1, -0.05) is 51.1 Å². The first-order valence-corrected chi connectivity index (χ1v) is 15.6. The van der Waals surface area contributed by atoms with Crippen molar-refractivity contribution in [2.24, 2.45) is 0 Å². The molecule has 3 N–H and O–H groups in total. The Balaban J connectivity index is 1.27. The zero-order valence-corrected chi connectivity index (χ0v) is 26.2. The lowest BCUT2D eigenvalue weighted by atomic mass is 9.91. The monoisotopic (exact) mass is 618 g/mol. The largest absolute Gasteiger partial charge is 0.480 e. The molecule has 1 spiro atoms. The molecule has 1 aromatic carbocycles. The molecule has 1 aliphatic carbocycles. The molecule has 2 aromatic heterocycles. The predicted molar refractivity (Wildman–Crippen MR) is 167 cm³/mol. The molecule has 3 aromatic rings. The first kappa shape index (κ1) is 31.5. The number of hydrogen-bond acceptors (Lipinski definition) is 8. The molecule has 2 atom stereocenters. The number of nitrogens with zero attached hydrogens (tertiary/aromatic N) is 2. The highest BCUT2D eigenvalue weighted by Gasteiger charge is 2.37. The van der Waals surface area contributed by atoms with Gasteiger partial charge in [-0.05, 0) is 42.0 Å². The number of carbonyl (C=O) groups excluding carboxylic acids is 2. The van der Waals surface area contributed by atoms with Crippen LogP contribution in [0.25, 0.3) is 17.0 Å². The van der Waals surface area contributed by atoms with Crippen molar-refractivity contribution in [1.29, 1.82) is 0 Å². The summed E-state index contributed by atoms with van der Waals surface area (Å²) in [5, 5.41) is 14.6. The van der Waals surface area contributed by atoms with Gasteiger partial charge in [0, 0.05) is 47.7 Å². The minimum absolute atomic E-state index is 0.112. The van der Waals surface area contributed by atoms with Crippen molar-refractivity contribution < 1.29 is 29.0 Å². The van der Waals surface area contributed by atoms with Gasteiger partial charge in [-0.15, -0.1) is 11.3 Å². The molecule has 0 radical (unpaired) electrons. The maximum absolute atomic E-state index is 13.1. The molecule has 44 heavy (non-hydrogen) atoms. The van der Waals surface area contributed by atoms with Crippen LogP contribution in [0.3, 0.4) is 0 Å². The second-order valence-electron chi connectivity index (χ2n) is 12.2. The van der Waals surface area contributed by atoms with Gasteiger partial charge in [0.1, 0.15) is 12.1 Å². The Morgan fingerprint density at radius 2 is 1.68 bits per heavy atom. The average Bonchev–Trinajstić information content (AvgIpc) is 3.69. The molecule has 3 heterocycles. The minimum atomic E-state index is -1.16. The molecule has 2 aliphatic rings. The van der Waals surface area contributed by atoms with Crippen LogP contribution in [0.4, 0.5) is 0 Å². The van der Waals surface area contributed by atoms with Crippen LogP contribution in [0, 0.1) is 0 Å². The van der Waals surface area contributed by atoms with E-state index in [0.717, 1.165) is 34.4 Å². The molecule has 1 fully saturated rings. The third kappa shape index (κ3) is 7.40. The Morgan fingerprint density at radius 3 is 2.25 bits per heavy atom. The van der Waals surface area contributed by atoms with Crippen LogP contribution in [0.5, 0.6) is 0 Å². The topological polar surface area (TPSA) is 140 Å². The van der Waals surface area contributed by atoms with E-state index >= 15 is 0 Å². The molecule has 11 heteroatoms. The van der Waals surface area contributed by atoms with Gasteiger partial charge in [-0.25, -0.2) is 9.97 Å². The molecule has 2 amide bonds. The maximum Gasteiger partial charge on any atom is 0.325 e. The summed E-state index contributed by atoms with van der Waals surface area (Å²) < 4.78 is 11.6. The highest BCUT2D eigenvalue weighted by molar-refractivity contribution is 7.14. The molecule has 0 bridgehead atoms. The maximum atomic E-state index is 13.1. The number of carboxylic acid groups (broad SMARTS) is 1. The summed E-state index contributed by atoms with van der Waals surface area (Å²) >= 11 is 1.37. The highest BCUT2D eigenvalue weighted by atomic mass is 32.1. The SMILES string of the molecule is C[C@@H](NC(=O)[C@H](Cc1ccc(-c2ncc(C3=CCC4(CC3)OCCO4)cn2)cc1)NC(=O)c1ccc(C(C)(C)C)s1)C(=O)O. The fourth-order valence-corrected chi connectivity index (χ4v) is 6.14. The van der Waals surface area contributed by atoms with E-state index in [0.29, 0.717) is 30.3 Å². The summed E-state index contributed by atoms with van der Waals surface area (Å²) in [4.78, 5) is 48.3. The smallest absolute Gasteiger partial charge is 0.325 e. The summed E-state index contributed by atoms with van der Waals surface area (Å²) in [6, 6.07) is 9.02. The lowest BCUT2D eigenvalue weighted by Crippen LogP contribution is -2.51. The van der Waals surface area contributed by atoms with Gasteiger partial charge in [0.2, 0.25) is 5.91 Å². The van der Waals surface area contributed by atoms with Crippen LogP contribution in [0.2, 0.25) is 0 Å². The summed E-state index contributed by atoms with van der Waals surface area (Å²) in [5.74, 6) is -2.01. The van der Waals surface area contributed by atoms with Crippen LogP contribution in [0.1, 0.15) is 72.6 Å². The first-order valence-electron chi connectivity index (χ1n) is 14.8. The molecule has 1 saturated heterocycles. The molecule has 0 unspecified atom stereocenters. The highest BCUT2D eigenvalue weighted by Crippen LogP contribution is 2.38. The molecule has 1 aliphatic heterocycles. The van der Waals surface area contributed by atoms with Crippen LogP contribution in [-0.4, -0.2) is 63.9 Å². The van der Waals surface area contributed by atoms with E-state index in [9.17, 15) is 19.5 Å². The summed E-state index contributed by atoms with van der Waals surface area (Å²) in [5.41, 5.74) is 3.63. The molecule has 232 valence electrons. The number of amides is 2. The van der Waals surface area contributed by atoms with Gasteiger partial charge >= 0.3 is 5.97 Å². The fourth-order valence-electron chi connectivity index (χ4n) is 5.18. The lowest BCUT2D eigenvalue weighted by molar-refractivity contribution is -0.159. The second kappa shape index (κ2) is 13.0. The number of aromatic nitrogens is 2. The van der Waals surface area contributed by atoms with E-state index in [1.165, 1.54) is 23.8 Å². The number of allylic oxidation sites excluding steroid dienone is 1. The van der Waals surface area contributed by atoms with Crippen LogP contribution >= 0.6 is 11.3 Å². The Labute approximate surface area is 260 Å². The van der Waals surface area contributed by atoms with Gasteiger partial charge in [-0.2, -0.15) is 0 Å². The second-order valence-corrected chi connectivity index (χ2v) is 13.3. The number of carboxylic acids is 1.